The van der Waals surface area contributed by atoms with Crippen molar-refractivity contribution >= 4 is 39.5 Å². The van der Waals surface area contributed by atoms with Crippen molar-refractivity contribution in [2.24, 2.45) is 0 Å². The van der Waals surface area contributed by atoms with Gasteiger partial charge in [0.1, 0.15) is 11.1 Å². The second-order valence-electron chi connectivity index (χ2n) is 9.93. The Morgan fingerprint density at radius 3 is 2.39 bits per heavy atom. The van der Waals surface area contributed by atoms with Crippen LogP contribution in [-0.4, -0.2) is 71.1 Å². The molecule has 2 aliphatic heterocycles. The molecule has 41 heavy (non-hydrogen) atoms. The number of piperazine rings is 1. The zero-order chi connectivity index (χ0) is 29.4. The Bertz CT molecular complexity index is 1510. The lowest BCUT2D eigenvalue weighted by Gasteiger charge is -2.42. The molecule has 2 aliphatic rings. The number of thioether (sulfide) groups is 1. The number of rotatable bonds is 7. The van der Waals surface area contributed by atoms with Crippen LogP contribution in [0.15, 0.2) is 59.6 Å². The van der Waals surface area contributed by atoms with Crippen LogP contribution < -0.4 is 5.32 Å². The van der Waals surface area contributed by atoms with Gasteiger partial charge in [0.05, 0.1) is 22.3 Å². The van der Waals surface area contributed by atoms with Crippen LogP contribution in [0.2, 0.25) is 5.02 Å². The highest BCUT2D eigenvalue weighted by atomic mass is 35.5. The lowest BCUT2D eigenvalue weighted by Crippen LogP contribution is -2.61. The van der Waals surface area contributed by atoms with Crippen molar-refractivity contribution in [1.29, 1.82) is 0 Å². The summed E-state index contributed by atoms with van der Waals surface area (Å²) in [7, 11) is -4.24. The summed E-state index contributed by atoms with van der Waals surface area (Å²) < 4.78 is 74.0. The van der Waals surface area contributed by atoms with E-state index < -0.39 is 34.4 Å². The van der Waals surface area contributed by atoms with E-state index >= 15 is 0 Å². The topological polar surface area (TPSA) is 87.5 Å². The Kier molecular flexibility index (Phi) is 8.84. The van der Waals surface area contributed by atoms with Gasteiger partial charge < -0.3 is 5.32 Å². The molecule has 0 amide bonds. The molecule has 2 aromatic carbocycles. The molecule has 220 valence electrons. The number of halogens is 4. The molecule has 0 aliphatic carbocycles. The molecule has 8 nitrogen and oxygen atoms in total. The van der Waals surface area contributed by atoms with Crippen LogP contribution in [0.25, 0.3) is 0 Å². The molecule has 0 saturated carbocycles. The first-order chi connectivity index (χ1) is 19.5. The lowest BCUT2D eigenvalue weighted by molar-refractivity contribution is -0.173. The van der Waals surface area contributed by atoms with Crippen LogP contribution >= 0.6 is 23.4 Å². The lowest BCUT2D eigenvalue weighted by atomic mass is 9.99. The van der Waals surface area contributed by atoms with E-state index in [-0.39, 0.29) is 42.5 Å². The van der Waals surface area contributed by atoms with E-state index in [0.717, 1.165) is 14.6 Å². The van der Waals surface area contributed by atoms with Crippen molar-refractivity contribution in [3.8, 4) is 0 Å². The van der Waals surface area contributed by atoms with Crippen molar-refractivity contribution in [3.63, 3.8) is 0 Å². The average molecular weight is 628 g/mol. The van der Waals surface area contributed by atoms with E-state index in [2.05, 4.69) is 10.4 Å². The van der Waals surface area contributed by atoms with Gasteiger partial charge in [0.25, 0.3) is 16.1 Å². The highest BCUT2D eigenvalue weighted by molar-refractivity contribution is 7.98. The molecule has 0 radical (unpaired) electrons. The Labute approximate surface area is 246 Å². The Morgan fingerprint density at radius 2 is 1.73 bits per heavy atom. The second kappa shape index (κ2) is 12.1. The molecule has 0 spiro atoms. The minimum absolute atomic E-state index is 0.125. The zero-order valence-electron chi connectivity index (χ0n) is 22.1. The monoisotopic (exact) mass is 627 g/mol. The molecule has 3 aromatic rings. The molecule has 14 heteroatoms. The first-order valence-electron chi connectivity index (χ1n) is 13.1. The van der Waals surface area contributed by atoms with E-state index in [1.807, 2.05) is 30.3 Å². The third kappa shape index (κ3) is 6.06. The molecule has 2 saturated heterocycles. The number of benzene rings is 2. The van der Waals surface area contributed by atoms with E-state index in [1.54, 1.807) is 19.1 Å². The standard InChI is InChI=1S/C27H29ClF3N5O3S2/c1-18-22(23-24(27(29,30)31)32-13-16-35(23)41(38,39)34-14-7-8-15-34)33-36(25(37)20-11-5-6-12-21(20)28)26(18)40-17-19-9-3-2-4-10-19/h2-6,9-12,23-24,32H,7-8,13-17H2,1H3. The molecule has 5 rings (SSSR count). The fourth-order valence-electron chi connectivity index (χ4n) is 5.22. The van der Waals surface area contributed by atoms with Crippen molar-refractivity contribution in [2.45, 2.75) is 48.8 Å². The third-order valence-corrected chi connectivity index (χ3v) is 10.8. The molecule has 1 aromatic heterocycles. The van der Waals surface area contributed by atoms with Gasteiger partial charge in [-0.05, 0) is 37.5 Å². The van der Waals surface area contributed by atoms with Gasteiger partial charge in [-0.25, -0.2) is 0 Å². The summed E-state index contributed by atoms with van der Waals surface area (Å²) in [5.74, 6) is -0.217. The number of alkyl halides is 3. The summed E-state index contributed by atoms with van der Waals surface area (Å²) in [5.41, 5.74) is 1.23. The maximum atomic E-state index is 14.5. The van der Waals surface area contributed by atoms with Gasteiger partial charge in [0.15, 0.2) is 0 Å². The van der Waals surface area contributed by atoms with Gasteiger partial charge in [0.2, 0.25) is 0 Å². The van der Waals surface area contributed by atoms with Crippen molar-refractivity contribution < 1.29 is 26.4 Å². The first-order valence-corrected chi connectivity index (χ1v) is 15.9. The minimum Gasteiger partial charge on any atom is -0.303 e. The molecule has 2 fully saturated rings. The Balaban J connectivity index is 1.65. The number of nitrogens with zero attached hydrogens (tertiary/aromatic N) is 4. The number of hydrogen-bond donors (Lipinski definition) is 1. The van der Waals surface area contributed by atoms with Gasteiger partial charge in [0, 0.05) is 37.5 Å². The van der Waals surface area contributed by atoms with Gasteiger partial charge in [-0.1, -0.05) is 54.1 Å². The fraction of sp³-hybridized carbons (Fsp3) is 0.407. The quantitative estimate of drug-likeness (QED) is 0.369. The third-order valence-electron chi connectivity index (χ3n) is 7.26. The van der Waals surface area contributed by atoms with Crippen LogP contribution in [0.3, 0.4) is 0 Å². The maximum absolute atomic E-state index is 14.5. The second-order valence-corrected chi connectivity index (χ2v) is 13.2. The SMILES string of the molecule is Cc1c(C2C(C(F)(F)F)NCCN2S(=O)(=O)N2CCCC2)nn(C(=O)c2ccccc2Cl)c1SCc1ccccc1. The van der Waals surface area contributed by atoms with Crippen molar-refractivity contribution in [1.82, 2.24) is 23.7 Å². The van der Waals surface area contributed by atoms with Crippen LogP contribution in [-0.2, 0) is 16.0 Å². The van der Waals surface area contributed by atoms with E-state index in [9.17, 15) is 26.4 Å². The zero-order valence-corrected chi connectivity index (χ0v) is 24.5. The Hall–Kier alpha value is -2.42. The maximum Gasteiger partial charge on any atom is 0.405 e. The minimum atomic E-state index is -4.79. The summed E-state index contributed by atoms with van der Waals surface area (Å²) >= 11 is 7.55. The van der Waals surface area contributed by atoms with Crippen molar-refractivity contribution in [3.05, 3.63) is 82.0 Å². The van der Waals surface area contributed by atoms with Gasteiger partial charge >= 0.3 is 6.18 Å². The normalized spacial score (nSPS) is 20.9. The molecule has 2 unspecified atom stereocenters. The molecule has 2 atom stereocenters. The van der Waals surface area contributed by atoms with Gasteiger partial charge in [-0.2, -0.15) is 40.0 Å². The smallest absolute Gasteiger partial charge is 0.303 e. The van der Waals surface area contributed by atoms with Crippen LogP contribution in [0.5, 0.6) is 0 Å². The first kappa shape index (κ1) is 30.1. The Morgan fingerprint density at radius 1 is 1.07 bits per heavy atom. The van der Waals surface area contributed by atoms with E-state index in [1.165, 1.54) is 28.2 Å². The predicted molar refractivity (Wildman–Crippen MR) is 151 cm³/mol. The number of nitrogens with one attached hydrogen (secondary N) is 1. The molecule has 3 heterocycles. The summed E-state index contributed by atoms with van der Waals surface area (Å²) in [4.78, 5) is 13.7. The summed E-state index contributed by atoms with van der Waals surface area (Å²) in [6.07, 6.45) is -3.51. The molecule has 1 N–H and O–H groups in total. The molecule has 0 bridgehead atoms. The summed E-state index contributed by atoms with van der Waals surface area (Å²) in [5, 5.41) is 7.39. The fourth-order valence-corrected chi connectivity index (χ4v) is 8.35. The number of hydrogen-bond acceptors (Lipinski definition) is 6. The van der Waals surface area contributed by atoms with E-state index in [4.69, 9.17) is 11.6 Å². The number of carbonyl (C=O) groups excluding carboxylic acids is 1. The molecular weight excluding hydrogens is 599 g/mol. The largest absolute Gasteiger partial charge is 0.405 e. The summed E-state index contributed by atoms with van der Waals surface area (Å²) in [6.45, 7) is 1.71. The van der Waals surface area contributed by atoms with Gasteiger partial charge in [-0.3, -0.25) is 4.79 Å². The van der Waals surface area contributed by atoms with Crippen LogP contribution in [0.1, 0.15) is 46.1 Å². The summed E-state index contributed by atoms with van der Waals surface area (Å²) in [6, 6.07) is 11.8. The van der Waals surface area contributed by atoms with Crippen LogP contribution in [0.4, 0.5) is 13.2 Å². The number of carbonyl (C=O) groups is 1. The predicted octanol–water partition coefficient (Wildman–Crippen LogP) is 5.04. The highest BCUT2D eigenvalue weighted by Crippen LogP contribution is 2.42. The average Bonchev–Trinajstić information content (AvgIpc) is 3.61. The van der Waals surface area contributed by atoms with Crippen LogP contribution in [0, 0.1) is 6.92 Å². The van der Waals surface area contributed by atoms with Gasteiger partial charge in [-0.15, -0.1) is 11.8 Å². The number of aromatic nitrogens is 2. The van der Waals surface area contributed by atoms with Crippen molar-refractivity contribution in [2.75, 3.05) is 26.2 Å². The molecular formula is C27H29ClF3N5O3S2. The highest BCUT2D eigenvalue weighted by Gasteiger charge is 2.54. The van der Waals surface area contributed by atoms with E-state index in [0.29, 0.717) is 29.2 Å².